The molecule has 1 aliphatic carbocycles. The molecule has 1 aromatic rings. The van der Waals surface area contributed by atoms with Gasteiger partial charge in [0.05, 0.1) is 0 Å². The standard InChI is InChI=1S/C24H35ClN2O3/c1-16(2)20-14-21(25)17(3)13-22(20)30-15-23(28)26-19-9-11-27(12-10-19)24(29)18-7-5-4-6-8-18/h13-14,16,18-19H,4-12,15H2,1-3H3,(H,26,28). The van der Waals surface area contributed by atoms with Gasteiger partial charge in [0.1, 0.15) is 5.75 Å². The van der Waals surface area contributed by atoms with E-state index in [-0.39, 0.29) is 30.4 Å². The van der Waals surface area contributed by atoms with Crippen molar-refractivity contribution in [2.75, 3.05) is 19.7 Å². The zero-order chi connectivity index (χ0) is 21.7. The fourth-order valence-corrected chi connectivity index (χ4v) is 4.68. The smallest absolute Gasteiger partial charge is 0.258 e. The monoisotopic (exact) mass is 434 g/mol. The number of halogens is 1. The minimum Gasteiger partial charge on any atom is -0.483 e. The van der Waals surface area contributed by atoms with Gasteiger partial charge in [-0.15, -0.1) is 0 Å². The number of carbonyl (C=O) groups excluding carboxylic acids is 2. The van der Waals surface area contributed by atoms with E-state index in [4.69, 9.17) is 16.3 Å². The van der Waals surface area contributed by atoms with E-state index in [1.54, 1.807) is 0 Å². The molecule has 5 nitrogen and oxygen atoms in total. The maximum atomic E-state index is 12.7. The second kappa shape index (κ2) is 10.5. The lowest BCUT2D eigenvalue weighted by Crippen LogP contribution is -2.49. The van der Waals surface area contributed by atoms with Gasteiger partial charge in [0.2, 0.25) is 5.91 Å². The molecule has 0 aromatic heterocycles. The Bertz CT molecular complexity index is 751. The molecule has 1 saturated heterocycles. The van der Waals surface area contributed by atoms with E-state index in [9.17, 15) is 9.59 Å². The number of nitrogens with one attached hydrogen (secondary N) is 1. The Balaban J connectivity index is 1.45. The van der Waals surface area contributed by atoms with E-state index >= 15 is 0 Å². The minimum atomic E-state index is -0.116. The maximum absolute atomic E-state index is 12.7. The summed E-state index contributed by atoms with van der Waals surface area (Å²) in [7, 11) is 0. The van der Waals surface area contributed by atoms with E-state index in [1.165, 1.54) is 19.3 Å². The summed E-state index contributed by atoms with van der Waals surface area (Å²) in [5.74, 6) is 1.40. The number of amides is 2. The first-order valence-electron chi connectivity index (χ1n) is 11.4. The number of benzene rings is 1. The van der Waals surface area contributed by atoms with Crippen LogP contribution in [0.25, 0.3) is 0 Å². The first-order valence-corrected chi connectivity index (χ1v) is 11.7. The third-order valence-corrected chi connectivity index (χ3v) is 6.81. The third kappa shape index (κ3) is 5.90. The van der Waals surface area contributed by atoms with Gasteiger partial charge in [0, 0.05) is 30.1 Å². The summed E-state index contributed by atoms with van der Waals surface area (Å²) in [5, 5.41) is 3.79. The lowest BCUT2D eigenvalue weighted by molar-refractivity contribution is -0.137. The number of ether oxygens (including phenoxy) is 1. The number of rotatable bonds is 6. The second-order valence-corrected chi connectivity index (χ2v) is 9.49. The van der Waals surface area contributed by atoms with E-state index in [1.807, 2.05) is 24.0 Å². The van der Waals surface area contributed by atoms with Gasteiger partial charge in [-0.25, -0.2) is 0 Å². The molecule has 6 heteroatoms. The molecule has 166 valence electrons. The quantitative estimate of drug-likeness (QED) is 0.697. The number of nitrogens with zero attached hydrogens (tertiary/aromatic N) is 1. The van der Waals surface area contributed by atoms with Gasteiger partial charge in [-0.2, -0.15) is 0 Å². The van der Waals surface area contributed by atoms with E-state index < -0.39 is 0 Å². The number of hydrogen-bond donors (Lipinski definition) is 1. The average molecular weight is 435 g/mol. The molecule has 0 unspecified atom stereocenters. The van der Waals surface area contributed by atoms with E-state index in [2.05, 4.69) is 19.2 Å². The topological polar surface area (TPSA) is 58.6 Å². The Morgan fingerprint density at radius 1 is 1.13 bits per heavy atom. The van der Waals surface area contributed by atoms with Crippen LogP contribution in [0, 0.1) is 12.8 Å². The number of piperidine rings is 1. The van der Waals surface area contributed by atoms with Crippen LogP contribution < -0.4 is 10.1 Å². The van der Waals surface area contributed by atoms with Crippen molar-refractivity contribution >= 4 is 23.4 Å². The van der Waals surface area contributed by atoms with Gasteiger partial charge in [-0.3, -0.25) is 9.59 Å². The highest BCUT2D eigenvalue weighted by Crippen LogP contribution is 2.32. The van der Waals surface area contributed by atoms with Crippen LogP contribution in [0.15, 0.2) is 12.1 Å². The van der Waals surface area contributed by atoms with Crippen LogP contribution in [0.5, 0.6) is 5.75 Å². The molecular formula is C24H35ClN2O3. The molecule has 0 radical (unpaired) electrons. The first-order chi connectivity index (χ1) is 14.3. The molecule has 0 bridgehead atoms. The molecule has 0 atom stereocenters. The summed E-state index contributed by atoms with van der Waals surface area (Å²) >= 11 is 6.24. The number of aryl methyl sites for hydroxylation is 1. The Morgan fingerprint density at radius 2 is 1.80 bits per heavy atom. The molecule has 1 heterocycles. The third-order valence-electron chi connectivity index (χ3n) is 6.40. The SMILES string of the molecule is Cc1cc(OCC(=O)NC2CCN(C(=O)C3CCCCC3)CC2)c(C(C)C)cc1Cl. The summed E-state index contributed by atoms with van der Waals surface area (Å²) < 4.78 is 5.84. The van der Waals surface area contributed by atoms with Crippen molar-refractivity contribution in [2.24, 2.45) is 5.92 Å². The predicted octanol–water partition coefficient (Wildman–Crippen LogP) is 4.84. The summed E-state index contributed by atoms with van der Waals surface area (Å²) in [4.78, 5) is 27.1. The molecule has 1 N–H and O–H groups in total. The molecule has 2 aliphatic rings. The lowest BCUT2D eigenvalue weighted by atomic mass is 9.87. The molecule has 2 fully saturated rings. The Hall–Kier alpha value is -1.75. The largest absolute Gasteiger partial charge is 0.483 e. The van der Waals surface area contributed by atoms with Crippen LogP contribution in [-0.4, -0.2) is 42.5 Å². The Kier molecular flexibility index (Phi) is 8.04. The van der Waals surface area contributed by atoms with Crippen molar-refractivity contribution in [1.29, 1.82) is 0 Å². The summed E-state index contributed by atoms with van der Waals surface area (Å²) in [5.41, 5.74) is 1.94. The molecule has 30 heavy (non-hydrogen) atoms. The zero-order valence-corrected chi connectivity index (χ0v) is 19.3. The zero-order valence-electron chi connectivity index (χ0n) is 18.5. The highest BCUT2D eigenvalue weighted by molar-refractivity contribution is 6.31. The maximum Gasteiger partial charge on any atom is 0.258 e. The van der Waals surface area contributed by atoms with Crippen molar-refractivity contribution < 1.29 is 14.3 Å². The fourth-order valence-electron chi connectivity index (χ4n) is 4.51. The highest BCUT2D eigenvalue weighted by Gasteiger charge is 2.29. The molecule has 1 aromatic carbocycles. The summed E-state index contributed by atoms with van der Waals surface area (Å²) in [6.07, 6.45) is 7.30. The molecule has 1 aliphatic heterocycles. The van der Waals surface area contributed by atoms with E-state index in [0.29, 0.717) is 10.9 Å². The van der Waals surface area contributed by atoms with Gasteiger partial charge in [-0.1, -0.05) is 44.7 Å². The lowest BCUT2D eigenvalue weighted by Gasteiger charge is -2.35. The normalized spacial score (nSPS) is 18.5. The van der Waals surface area contributed by atoms with Crippen molar-refractivity contribution in [3.8, 4) is 5.75 Å². The molecule has 3 rings (SSSR count). The Morgan fingerprint density at radius 3 is 2.43 bits per heavy atom. The molecule has 0 spiro atoms. The minimum absolute atomic E-state index is 0.0119. The predicted molar refractivity (Wildman–Crippen MR) is 120 cm³/mol. The van der Waals surface area contributed by atoms with Crippen LogP contribution in [-0.2, 0) is 9.59 Å². The summed E-state index contributed by atoms with van der Waals surface area (Å²) in [6.45, 7) is 7.54. The van der Waals surface area contributed by atoms with E-state index in [0.717, 1.165) is 55.6 Å². The van der Waals surface area contributed by atoms with Crippen molar-refractivity contribution in [1.82, 2.24) is 10.2 Å². The number of carbonyl (C=O) groups is 2. The molecule has 2 amide bonds. The molecular weight excluding hydrogens is 400 g/mol. The number of hydrogen-bond acceptors (Lipinski definition) is 3. The van der Waals surface area contributed by atoms with Crippen LogP contribution in [0.4, 0.5) is 0 Å². The van der Waals surface area contributed by atoms with Gasteiger partial charge in [0.15, 0.2) is 6.61 Å². The average Bonchev–Trinajstić information content (AvgIpc) is 2.74. The first kappa shape index (κ1) is 22.9. The van der Waals surface area contributed by atoms with Gasteiger partial charge < -0.3 is 15.0 Å². The van der Waals surface area contributed by atoms with Crippen LogP contribution >= 0.6 is 11.6 Å². The number of likely N-dealkylation sites (tertiary alicyclic amines) is 1. The fraction of sp³-hybridized carbons (Fsp3) is 0.667. The van der Waals surface area contributed by atoms with Crippen molar-refractivity contribution in [3.63, 3.8) is 0 Å². The Labute approximate surface area is 185 Å². The van der Waals surface area contributed by atoms with Crippen molar-refractivity contribution in [3.05, 3.63) is 28.3 Å². The van der Waals surface area contributed by atoms with Gasteiger partial charge in [0.25, 0.3) is 5.91 Å². The highest BCUT2D eigenvalue weighted by atomic mass is 35.5. The second-order valence-electron chi connectivity index (χ2n) is 9.08. The van der Waals surface area contributed by atoms with Crippen LogP contribution in [0.2, 0.25) is 5.02 Å². The van der Waals surface area contributed by atoms with Gasteiger partial charge in [-0.05, 0) is 61.8 Å². The molecule has 1 saturated carbocycles. The summed E-state index contributed by atoms with van der Waals surface area (Å²) in [6, 6.07) is 3.93. The van der Waals surface area contributed by atoms with Gasteiger partial charge >= 0.3 is 0 Å². The van der Waals surface area contributed by atoms with Crippen LogP contribution in [0.1, 0.15) is 75.8 Å². The van der Waals surface area contributed by atoms with Crippen molar-refractivity contribution in [2.45, 2.75) is 77.7 Å². The van der Waals surface area contributed by atoms with Crippen LogP contribution in [0.3, 0.4) is 0 Å².